The smallest absolute Gasteiger partial charge is 0.329 e. The van der Waals surface area contributed by atoms with Crippen LogP contribution in [0, 0.1) is 0 Å². The van der Waals surface area contributed by atoms with Crippen molar-refractivity contribution >= 4 is 51.2 Å². The van der Waals surface area contributed by atoms with E-state index < -0.39 is 17.7 Å². The van der Waals surface area contributed by atoms with Gasteiger partial charge in [-0.25, -0.2) is 5.43 Å². The molecule has 0 saturated heterocycles. The average molecular weight is 525 g/mol. The van der Waals surface area contributed by atoms with Crippen LogP contribution in [0.25, 0.3) is 0 Å². The summed E-state index contributed by atoms with van der Waals surface area (Å²) in [5, 5.41) is 8.97. The minimum atomic E-state index is -1.00. The standard InChI is InChI=1S/C24H21BrN4O5/c1-33-20-12-7-15(13-21(20)34-2)14-26-29-24(32)23(31)28-19-6-4-3-5-18(19)22(30)27-17-10-8-16(25)9-11-17/h3-14H,1-2H3,(H,27,30)(H,28,31)(H,29,32)/b26-14-. The predicted octanol–water partition coefficient (Wildman–Crippen LogP) is 3.81. The van der Waals surface area contributed by atoms with Crippen LogP contribution < -0.4 is 25.5 Å². The normalized spacial score (nSPS) is 10.4. The lowest BCUT2D eigenvalue weighted by atomic mass is 10.1. The molecule has 3 aromatic carbocycles. The Bertz CT molecular complexity index is 1230. The van der Waals surface area contributed by atoms with E-state index in [1.54, 1.807) is 54.6 Å². The van der Waals surface area contributed by atoms with Crippen molar-refractivity contribution < 1.29 is 23.9 Å². The van der Waals surface area contributed by atoms with Gasteiger partial charge in [-0.1, -0.05) is 28.1 Å². The van der Waals surface area contributed by atoms with Crippen LogP contribution in [0.15, 0.2) is 76.3 Å². The third kappa shape index (κ3) is 6.42. The lowest BCUT2D eigenvalue weighted by Crippen LogP contribution is -2.33. The first-order valence-electron chi connectivity index (χ1n) is 9.93. The summed E-state index contributed by atoms with van der Waals surface area (Å²) in [5.74, 6) is -1.38. The molecule has 0 fully saturated rings. The molecule has 0 aliphatic rings. The van der Waals surface area contributed by atoms with Gasteiger partial charge in [-0.3, -0.25) is 14.4 Å². The van der Waals surface area contributed by atoms with E-state index in [2.05, 4.69) is 37.1 Å². The number of nitrogens with zero attached hydrogens (tertiary/aromatic N) is 1. The molecule has 0 saturated carbocycles. The Morgan fingerprint density at radius 1 is 0.853 bits per heavy atom. The molecule has 0 spiro atoms. The first kappa shape index (κ1) is 24.5. The van der Waals surface area contributed by atoms with Gasteiger partial charge in [-0.2, -0.15) is 5.10 Å². The number of para-hydroxylation sites is 1. The topological polar surface area (TPSA) is 118 Å². The van der Waals surface area contributed by atoms with E-state index in [1.165, 1.54) is 32.6 Å². The van der Waals surface area contributed by atoms with E-state index in [9.17, 15) is 14.4 Å². The molecule has 9 nitrogen and oxygen atoms in total. The van der Waals surface area contributed by atoms with E-state index in [-0.39, 0.29) is 11.3 Å². The molecule has 3 N–H and O–H groups in total. The molecule has 10 heteroatoms. The number of hydrazone groups is 1. The summed E-state index contributed by atoms with van der Waals surface area (Å²) in [6, 6.07) is 18.4. The molecular formula is C24H21BrN4O5. The third-order valence-electron chi connectivity index (χ3n) is 4.52. The molecule has 0 unspecified atom stereocenters. The number of halogens is 1. The van der Waals surface area contributed by atoms with Gasteiger partial charge in [0.2, 0.25) is 0 Å². The molecule has 0 aliphatic carbocycles. The van der Waals surface area contributed by atoms with Crippen LogP contribution in [0.4, 0.5) is 11.4 Å². The highest BCUT2D eigenvalue weighted by Crippen LogP contribution is 2.26. The second-order valence-electron chi connectivity index (χ2n) is 6.77. The van der Waals surface area contributed by atoms with E-state index in [4.69, 9.17) is 9.47 Å². The fraction of sp³-hybridized carbons (Fsp3) is 0.0833. The number of methoxy groups -OCH3 is 2. The van der Waals surface area contributed by atoms with Crippen LogP contribution in [-0.4, -0.2) is 38.2 Å². The summed E-state index contributed by atoms with van der Waals surface area (Å²) >= 11 is 3.33. The molecule has 0 atom stereocenters. The van der Waals surface area contributed by atoms with Crippen LogP contribution in [-0.2, 0) is 9.59 Å². The minimum absolute atomic E-state index is 0.182. The second kappa shape index (κ2) is 11.6. The molecule has 34 heavy (non-hydrogen) atoms. The Balaban J connectivity index is 1.63. The van der Waals surface area contributed by atoms with Gasteiger partial charge in [-0.05, 0) is 60.2 Å². The van der Waals surface area contributed by atoms with Crippen molar-refractivity contribution in [2.45, 2.75) is 0 Å². The predicted molar refractivity (Wildman–Crippen MR) is 132 cm³/mol. The number of benzene rings is 3. The van der Waals surface area contributed by atoms with Gasteiger partial charge >= 0.3 is 11.8 Å². The van der Waals surface area contributed by atoms with Gasteiger partial charge in [0.05, 0.1) is 31.7 Å². The number of amides is 3. The quantitative estimate of drug-likeness (QED) is 0.246. The first-order chi connectivity index (χ1) is 16.4. The van der Waals surface area contributed by atoms with Crippen LogP contribution in [0.3, 0.4) is 0 Å². The number of anilines is 2. The number of carbonyl (C=O) groups excluding carboxylic acids is 3. The van der Waals surface area contributed by atoms with E-state index >= 15 is 0 Å². The maximum Gasteiger partial charge on any atom is 0.329 e. The molecule has 0 aliphatic heterocycles. The molecule has 174 valence electrons. The van der Waals surface area contributed by atoms with Crippen molar-refractivity contribution in [3.63, 3.8) is 0 Å². The van der Waals surface area contributed by atoms with Crippen LogP contribution in [0.2, 0.25) is 0 Å². The minimum Gasteiger partial charge on any atom is -0.493 e. The Kier molecular flexibility index (Phi) is 8.36. The van der Waals surface area contributed by atoms with Gasteiger partial charge in [0.25, 0.3) is 5.91 Å². The molecule has 0 heterocycles. The van der Waals surface area contributed by atoms with E-state index in [1.807, 2.05) is 0 Å². The first-order valence-corrected chi connectivity index (χ1v) is 10.7. The maximum absolute atomic E-state index is 12.7. The lowest BCUT2D eigenvalue weighted by Gasteiger charge is -2.11. The molecule has 0 radical (unpaired) electrons. The zero-order valence-electron chi connectivity index (χ0n) is 18.3. The fourth-order valence-electron chi connectivity index (χ4n) is 2.85. The van der Waals surface area contributed by atoms with Crippen molar-refractivity contribution in [2.75, 3.05) is 24.9 Å². The summed E-state index contributed by atoms with van der Waals surface area (Å²) < 4.78 is 11.2. The Morgan fingerprint density at radius 2 is 1.56 bits per heavy atom. The monoisotopic (exact) mass is 524 g/mol. The lowest BCUT2D eigenvalue weighted by molar-refractivity contribution is -0.136. The van der Waals surface area contributed by atoms with Gasteiger partial charge in [0.15, 0.2) is 11.5 Å². The number of hydrogen-bond donors (Lipinski definition) is 3. The fourth-order valence-corrected chi connectivity index (χ4v) is 3.11. The highest BCUT2D eigenvalue weighted by molar-refractivity contribution is 9.10. The Hall–Kier alpha value is -4.18. The molecule has 0 aromatic heterocycles. The zero-order chi connectivity index (χ0) is 24.5. The summed E-state index contributed by atoms with van der Waals surface area (Å²) in [7, 11) is 3.02. The zero-order valence-corrected chi connectivity index (χ0v) is 19.9. The molecule has 3 rings (SSSR count). The number of carbonyl (C=O) groups is 3. The largest absolute Gasteiger partial charge is 0.493 e. The Morgan fingerprint density at radius 3 is 2.26 bits per heavy atom. The molecular weight excluding hydrogens is 504 g/mol. The number of hydrogen-bond acceptors (Lipinski definition) is 6. The maximum atomic E-state index is 12.7. The summed E-state index contributed by atoms with van der Waals surface area (Å²) in [5.41, 5.74) is 3.73. The summed E-state index contributed by atoms with van der Waals surface area (Å²) in [6.45, 7) is 0. The SMILES string of the molecule is COc1ccc(/C=N\NC(=O)C(=O)Nc2ccccc2C(=O)Nc2ccc(Br)cc2)cc1OC. The molecule has 3 amide bonds. The summed E-state index contributed by atoms with van der Waals surface area (Å²) in [4.78, 5) is 37.2. The highest BCUT2D eigenvalue weighted by Gasteiger charge is 2.18. The highest BCUT2D eigenvalue weighted by atomic mass is 79.9. The van der Waals surface area contributed by atoms with Crippen molar-refractivity contribution in [1.82, 2.24) is 5.43 Å². The van der Waals surface area contributed by atoms with Crippen molar-refractivity contribution in [3.8, 4) is 11.5 Å². The Labute approximate surface area is 204 Å². The van der Waals surface area contributed by atoms with Gasteiger partial charge in [-0.15, -0.1) is 0 Å². The molecule has 0 bridgehead atoms. The van der Waals surface area contributed by atoms with Crippen LogP contribution >= 0.6 is 15.9 Å². The van der Waals surface area contributed by atoms with E-state index in [0.717, 1.165) is 4.47 Å². The molecule has 3 aromatic rings. The average Bonchev–Trinajstić information content (AvgIpc) is 2.85. The number of ether oxygens (including phenoxy) is 2. The van der Waals surface area contributed by atoms with Crippen molar-refractivity contribution in [3.05, 3.63) is 82.3 Å². The number of rotatable bonds is 7. The summed E-state index contributed by atoms with van der Waals surface area (Å²) in [6.07, 6.45) is 1.35. The van der Waals surface area contributed by atoms with Gasteiger partial charge in [0.1, 0.15) is 0 Å². The second-order valence-corrected chi connectivity index (χ2v) is 7.69. The van der Waals surface area contributed by atoms with Crippen LogP contribution in [0.5, 0.6) is 11.5 Å². The third-order valence-corrected chi connectivity index (χ3v) is 5.04. The van der Waals surface area contributed by atoms with Crippen LogP contribution in [0.1, 0.15) is 15.9 Å². The number of nitrogens with one attached hydrogen (secondary N) is 3. The van der Waals surface area contributed by atoms with Gasteiger partial charge < -0.3 is 20.1 Å². The van der Waals surface area contributed by atoms with Crippen molar-refractivity contribution in [2.24, 2.45) is 5.10 Å². The van der Waals surface area contributed by atoms with Gasteiger partial charge in [0, 0.05) is 10.2 Å². The van der Waals surface area contributed by atoms with E-state index in [0.29, 0.717) is 22.7 Å². The van der Waals surface area contributed by atoms with Crippen molar-refractivity contribution in [1.29, 1.82) is 0 Å².